The zero-order valence-corrected chi connectivity index (χ0v) is 11.7. The highest BCUT2D eigenvalue weighted by Gasteiger charge is 2.35. The average Bonchev–Trinajstić information content (AvgIpc) is 2.21. The summed E-state index contributed by atoms with van der Waals surface area (Å²) in [7, 11) is 3.59. The van der Waals surface area contributed by atoms with E-state index < -0.39 is 11.2 Å². The average molecular weight is 250 g/mol. The fourth-order valence-corrected chi connectivity index (χ4v) is 1.26. The van der Waals surface area contributed by atoms with Gasteiger partial charge in [-0.05, 0) is 27.7 Å². The molecule has 0 fully saturated rings. The molecule has 1 aromatic rings. The summed E-state index contributed by atoms with van der Waals surface area (Å²) in [4.78, 5) is 11.2. The topological polar surface area (TPSA) is 51.5 Å². The van der Waals surface area contributed by atoms with Crippen LogP contribution in [0.5, 0.6) is 0 Å². The van der Waals surface area contributed by atoms with Gasteiger partial charge in [0.1, 0.15) is 0 Å². The number of ether oxygens (including phenoxy) is 1. The smallest absolute Gasteiger partial charge is 0.250 e. The van der Waals surface area contributed by atoms with Gasteiger partial charge >= 0.3 is 0 Å². The lowest BCUT2D eigenvalue weighted by atomic mass is 9.72. The van der Waals surface area contributed by atoms with Gasteiger partial charge in [-0.3, -0.25) is 4.79 Å². The third-order valence-corrected chi connectivity index (χ3v) is 3.35. The molecule has 0 amide bonds. The Labute approximate surface area is 109 Å². The first-order valence-corrected chi connectivity index (χ1v) is 6.00. The number of aliphatic hydroxyl groups is 1. The Morgan fingerprint density at radius 1 is 1.33 bits per heavy atom. The molecule has 1 heterocycles. The quantitative estimate of drug-likeness (QED) is 0.761. The van der Waals surface area contributed by atoms with Gasteiger partial charge in [0.05, 0.1) is 11.2 Å². The van der Waals surface area contributed by atoms with Gasteiger partial charge in [-0.15, -0.1) is 0 Å². The Morgan fingerprint density at radius 3 is 2.44 bits per heavy atom. The molecule has 1 radical (unpaired) electrons. The van der Waals surface area contributed by atoms with Crippen molar-refractivity contribution < 1.29 is 9.84 Å². The number of aryl methyl sites for hydroxylation is 1. The number of hydrogen-bond acceptors (Lipinski definition) is 3. The third-order valence-electron chi connectivity index (χ3n) is 3.35. The highest BCUT2D eigenvalue weighted by atomic mass is 16.5. The van der Waals surface area contributed by atoms with E-state index in [9.17, 15) is 9.90 Å². The second kappa shape index (κ2) is 5.28. The van der Waals surface area contributed by atoms with Gasteiger partial charge in [-0.25, -0.2) is 0 Å². The minimum Gasteiger partial charge on any atom is -0.387 e. The SMILES string of the molecule is Cn1cc([B]COC(C)(C)C(C)(C)O)ccc1=O. The summed E-state index contributed by atoms with van der Waals surface area (Å²) in [6, 6.07) is 3.27. The second-order valence-corrected chi connectivity index (χ2v) is 5.50. The minimum absolute atomic E-state index is 0.0371. The van der Waals surface area contributed by atoms with E-state index in [0.29, 0.717) is 6.51 Å². The summed E-state index contributed by atoms with van der Waals surface area (Å²) in [5.74, 6) is 0. The van der Waals surface area contributed by atoms with Crippen LogP contribution in [-0.2, 0) is 11.8 Å². The molecule has 5 heteroatoms. The number of hydrogen-bond donors (Lipinski definition) is 1. The van der Waals surface area contributed by atoms with Crippen molar-refractivity contribution in [2.24, 2.45) is 7.05 Å². The Morgan fingerprint density at radius 2 is 1.94 bits per heavy atom. The Bertz CT molecular complexity index is 460. The van der Waals surface area contributed by atoms with Crippen molar-refractivity contribution in [2.75, 3.05) is 6.51 Å². The van der Waals surface area contributed by atoms with Gasteiger partial charge in [-0.2, -0.15) is 0 Å². The molecule has 1 N–H and O–H groups in total. The summed E-state index contributed by atoms with van der Waals surface area (Å²) >= 11 is 0. The monoisotopic (exact) mass is 250 g/mol. The molecule has 0 aliphatic heterocycles. The maximum atomic E-state index is 11.2. The molecular weight excluding hydrogens is 229 g/mol. The molecule has 4 nitrogen and oxygen atoms in total. The molecule has 0 aliphatic carbocycles. The van der Waals surface area contributed by atoms with Gasteiger partial charge in [0, 0.05) is 25.8 Å². The van der Waals surface area contributed by atoms with Crippen molar-refractivity contribution >= 4 is 12.7 Å². The summed E-state index contributed by atoms with van der Waals surface area (Å²) < 4.78 is 7.20. The van der Waals surface area contributed by atoms with Gasteiger partial charge in [-0.1, -0.05) is 11.5 Å². The lowest BCUT2D eigenvalue weighted by Gasteiger charge is -2.37. The van der Waals surface area contributed by atoms with Gasteiger partial charge in [0.25, 0.3) is 0 Å². The number of rotatable bonds is 5. The zero-order valence-electron chi connectivity index (χ0n) is 11.7. The van der Waals surface area contributed by atoms with Crippen LogP contribution in [0.15, 0.2) is 23.1 Å². The zero-order chi connectivity index (χ0) is 14.0. The third kappa shape index (κ3) is 3.72. The largest absolute Gasteiger partial charge is 0.387 e. The minimum atomic E-state index is -0.912. The van der Waals surface area contributed by atoms with E-state index in [2.05, 4.69) is 0 Å². The molecule has 0 aliphatic rings. The molecule has 0 aromatic carbocycles. The first-order valence-electron chi connectivity index (χ1n) is 6.00. The lowest BCUT2D eigenvalue weighted by molar-refractivity contribution is -0.135. The van der Waals surface area contributed by atoms with Crippen molar-refractivity contribution in [3.05, 3.63) is 28.7 Å². The first-order chi connectivity index (χ1) is 8.13. The Kier molecular flexibility index (Phi) is 4.40. The summed E-state index contributed by atoms with van der Waals surface area (Å²) in [6.07, 6.45) is 1.75. The second-order valence-electron chi connectivity index (χ2n) is 5.50. The van der Waals surface area contributed by atoms with Gasteiger partial charge in [0.15, 0.2) is 7.28 Å². The van der Waals surface area contributed by atoms with E-state index in [0.717, 1.165) is 5.46 Å². The van der Waals surface area contributed by atoms with E-state index >= 15 is 0 Å². The van der Waals surface area contributed by atoms with E-state index in [-0.39, 0.29) is 5.56 Å². The number of pyridine rings is 1. The van der Waals surface area contributed by atoms with Crippen LogP contribution < -0.4 is 11.0 Å². The van der Waals surface area contributed by atoms with Crippen LogP contribution in [0.3, 0.4) is 0 Å². The predicted octanol–water partition coefficient (Wildman–Crippen LogP) is 0.238. The van der Waals surface area contributed by atoms with Crippen molar-refractivity contribution in [3.8, 4) is 0 Å². The molecule has 0 unspecified atom stereocenters. The molecule has 1 aromatic heterocycles. The van der Waals surface area contributed by atoms with Crippen LogP contribution in [0.2, 0.25) is 0 Å². The fraction of sp³-hybridized carbons (Fsp3) is 0.615. The fourth-order valence-electron chi connectivity index (χ4n) is 1.26. The molecule has 0 saturated heterocycles. The van der Waals surface area contributed by atoms with Crippen LogP contribution in [0.25, 0.3) is 0 Å². The highest BCUT2D eigenvalue weighted by molar-refractivity contribution is 6.53. The van der Waals surface area contributed by atoms with E-state index in [1.807, 2.05) is 21.1 Å². The Balaban J connectivity index is 2.57. The van der Waals surface area contributed by atoms with Crippen LogP contribution in [0.4, 0.5) is 0 Å². The van der Waals surface area contributed by atoms with E-state index in [1.54, 1.807) is 33.2 Å². The van der Waals surface area contributed by atoms with Crippen molar-refractivity contribution in [2.45, 2.75) is 38.9 Å². The van der Waals surface area contributed by atoms with Crippen molar-refractivity contribution in [1.29, 1.82) is 0 Å². The van der Waals surface area contributed by atoms with Crippen LogP contribution in [0.1, 0.15) is 27.7 Å². The van der Waals surface area contributed by atoms with Gasteiger partial charge in [0.2, 0.25) is 5.56 Å². The number of aromatic nitrogens is 1. The molecule has 0 spiro atoms. The van der Waals surface area contributed by atoms with Crippen molar-refractivity contribution in [3.63, 3.8) is 0 Å². The number of nitrogens with zero attached hydrogens (tertiary/aromatic N) is 1. The van der Waals surface area contributed by atoms with Crippen LogP contribution in [0, 0.1) is 0 Å². The maximum Gasteiger partial charge on any atom is 0.250 e. The Hall–Kier alpha value is -1.07. The molecule has 0 saturated carbocycles. The normalized spacial score (nSPS) is 12.6. The first kappa shape index (κ1) is 15.0. The summed E-state index contributed by atoms with van der Waals surface area (Å²) in [5.41, 5.74) is -0.664. The predicted molar refractivity (Wildman–Crippen MR) is 73.4 cm³/mol. The van der Waals surface area contributed by atoms with Crippen LogP contribution in [-0.4, -0.2) is 34.7 Å². The standard InChI is InChI=1S/C13H21BNO3/c1-12(2,17)13(3,4)18-9-14-10-6-7-11(16)15(5)8-10/h6-8,17H,9H2,1-5H3. The van der Waals surface area contributed by atoms with Crippen LogP contribution >= 0.6 is 0 Å². The van der Waals surface area contributed by atoms with E-state index in [1.165, 1.54) is 10.6 Å². The van der Waals surface area contributed by atoms with E-state index in [4.69, 9.17) is 4.74 Å². The molecule has 18 heavy (non-hydrogen) atoms. The molecule has 99 valence electrons. The molecule has 0 bridgehead atoms. The highest BCUT2D eigenvalue weighted by Crippen LogP contribution is 2.24. The van der Waals surface area contributed by atoms with Crippen molar-refractivity contribution in [1.82, 2.24) is 4.57 Å². The maximum absolute atomic E-state index is 11.2. The summed E-state index contributed by atoms with van der Waals surface area (Å²) in [5, 5.41) is 9.94. The molecule has 0 atom stereocenters. The lowest BCUT2D eigenvalue weighted by Crippen LogP contribution is -2.48. The molecule has 1 rings (SSSR count). The van der Waals surface area contributed by atoms with Gasteiger partial charge < -0.3 is 14.4 Å². The molecular formula is C13H21BNO3. The summed E-state index contributed by atoms with van der Waals surface area (Å²) in [6.45, 7) is 7.52.